The van der Waals surface area contributed by atoms with Gasteiger partial charge < -0.3 is 4.74 Å². The number of alkyl halides is 3. The number of hydrogen-bond donors (Lipinski definition) is 0. The molecule has 2 rings (SSSR count). The lowest BCUT2D eigenvalue weighted by Crippen LogP contribution is -2.15. The number of carbonyl (C=O) groups is 1. The molecule has 2 aromatic rings. The van der Waals surface area contributed by atoms with E-state index in [2.05, 4.69) is 10.3 Å². The van der Waals surface area contributed by atoms with E-state index in [0.29, 0.717) is 11.3 Å². The van der Waals surface area contributed by atoms with Crippen LogP contribution in [0.15, 0.2) is 30.3 Å². The molecule has 0 saturated heterocycles. The molecule has 24 heavy (non-hydrogen) atoms. The Labute approximate surface area is 136 Å². The molecule has 1 aromatic carbocycles. The van der Waals surface area contributed by atoms with Gasteiger partial charge in [0.15, 0.2) is 5.69 Å². The van der Waals surface area contributed by atoms with Crippen molar-refractivity contribution in [3.63, 3.8) is 0 Å². The van der Waals surface area contributed by atoms with Crippen molar-refractivity contribution < 1.29 is 22.7 Å². The SMILES string of the molecule is CC=Cc1nnn(Cc2ccc(C(F)(F)F)cc2)c1C(=O)OCC. The van der Waals surface area contributed by atoms with Crippen molar-refractivity contribution in [2.24, 2.45) is 0 Å². The summed E-state index contributed by atoms with van der Waals surface area (Å²) in [6.07, 6.45) is -1.07. The van der Waals surface area contributed by atoms with Crippen LogP contribution in [-0.4, -0.2) is 27.6 Å². The van der Waals surface area contributed by atoms with Crippen LogP contribution in [0.1, 0.15) is 41.2 Å². The summed E-state index contributed by atoms with van der Waals surface area (Å²) in [5.41, 5.74) is 0.341. The van der Waals surface area contributed by atoms with Gasteiger partial charge in [0.1, 0.15) is 5.69 Å². The molecule has 0 N–H and O–H groups in total. The monoisotopic (exact) mass is 339 g/mol. The molecule has 0 saturated carbocycles. The highest BCUT2D eigenvalue weighted by atomic mass is 19.4. The van der Waals surface area contributed by atoms with E-state index in [9.17, 15) is 18.0 Å². The fourth-order valence-corrected chi connectivity index (χ4v) is 2.09. The third-order valence-electron chi connectivity index (χ3n) is 3.17. The zero-order valence-electron chi connectivity index (χ0n) is 13.2. The third kappa shape index (κ3) is 4.01. The van der Waals surface area contributed by atoms with Gasteiger partial charge in [0, 0.05) is 0 Å². The zero-order valence-corrected chi connectivity index (χ0v) is 13.2. The first-order chi connectivity index (χ1) is 11.4. The van der Waals surface area contributed by atoms with Crippen LogP contribution in [0.5, 0.6) is 0 Å². The molecule has 1 aromatic heterocycles. The molecular weight excluding hydrogens is 323 g/mol. The number of ether oxygens (including phenoxy) is 1. The Kier molecular flexibility index (Phi) is 5.38. The maximum absolute atomic E-state index is 12.6. The minimum absolute atomic E-state index is 0.108. The van der Waals surface area contributed by atoms with Gasteiger partial charge in [-0.2, -0.15) is 13.2 Å². The van der Waals surface area contributed by atoms with Crippen LogP contribution < -0.4 is 0 Å². The Bertz CT molecular complexity index is 734. The number of esters is 1. The largest absolute Gasteiger partial charge is 0.461 e. The first-order valence-corrected chi connectivity index (χ1v) is 7.26. The van der Waals surface area contributed by atoms with E-state index in [1.807, 2.05) is 0 Å². The summed E-state index contributed by atoms with van der Waals surface area (Å²) >= 11 is 0. The number of benzene rings is 1. The molecule has 0 atom stereocenters. The predicted molar refractivity (Wildman–Crippen MR) is 81.2 cm³/mol. The molecular formula is C16H16F3N3O2. The quantitative estimate of drug-likeness (QED) is 0.782. The van der Waals surface area contributed by atoms with Gasteiger partial charge in [-0.25, -0.2) is 9.48 Å². The van der Waals surface area contributed by atoms with Crippen LogP contribution >= 0.6 is 0 Å². The lowest BCUT2D eigenvalue weighted by molar-refractivity contribution is -0.137. The van der Waals surface area contributed by atoms with Crippen molar-refractivity contribution in [2.45, 2.75) is 26.6 Å². The van der Waals surface area contributed by atoms with Crippen LogP contribution in [0, 0.1) is 0 Å². The summed E-state index contributed by atoms with van der Waals surface area (Å²) in [4.78, 5) is 12.1. The first-order valence-electron chi connectivity index (χ1n) is 7.26. The summed E-state index contributed by atoms with van der Waals surface area (Å²) in [6.45, 7) is 3.75. The second-order valence-corrected chi connectivity index (χ2v) is 4.90. The molecule has 5 nitrogen and oxygen atoms in total. The van der Waals surface area contributed by atoms with Gasteiger partial charge in [0.25, 0.3) is 0 Å². The van der Waals surface area contributed by atoms with Gasteiger partial charge in [-0.05, 0) is 37.6 Å². The van der Waals surface area contributed by atoms with Crippen LogP contribution in [0.2, 0.25) is 0 Å². The zero-order chi connectivity index (χ0) is 17.7. The predicted octanol–water partition coefficient (Wildman–Crippen LogP) is 3.56. The summed E-state index contributed by atoms with van der Waals surface area (Å²) in [5.74, 6) is -0.581. The number of hydrogen-bond acceptors (Lipinski definition) is 4. The van der Waals surface area contributed by atoms with Crippen molar-refractivity contribution >= 4 is 12.0 Å². The second-order valence-electron chi connectivity index (χ2n) is 4.90. The molecule has 0 amide bonds. The fourth-order valence-electron chi connectivity index (χ4n) is 2.09. The average Bonchev–Trinajstić information content (AvgIpc) is 2.90. The lowest BCUT2D eigenvalue weighted by atomic mass is 10.1. The second kappa shape index (κ2) is 7.29. The van der Waals surface area contributed by atoms with Gasteiger partial charge >= 0.3 is 12.1 Å². The Morgan fingerprint density at radius 1 is 1.29 bits per heavy atom. The molecule has 0 aliphatic heterocycles. The van der Waals surface area contributed by atoms with Gasteiger partial charge in [-0.15, -0.1) is 5.10 Å². The Morgan fingerprint density at radius 2 is 1.96 bits per heavy atom. The standard InChI is InChI=1S/C16H16F3N3O2/c1-3-5-13-14(15(23)24-4-2)22(21-20-13)10-11-6-8-12(9-7-11)16(17,18)19/h3,5-9H,4,10H2,1-2H3. The highest BCUT2D eigenvalue weighted by Crippen LogP contribution is 2.29. The van der Waals surface area contributed by atoms with E-state index in [1.165, 1.54) is 16.8 Å². The normalized spacial score (nSPS) is 11.9. The molecule has 0 fully saturated rings. The van der Waals surface area contributed by atoms with E-state index in [-0.39, 0.29) is 18.8 Å². The van der Waals surface area contributed by atoms with Crippen molar-refractivity contribution in [3.05, 3.63) is 52.9 Å². The Balaban J connectivity index is 2.31. The maximum Gasteiger partial charge on any atom is 0.416 e. The summed E-state index contributed by atoms with van der Waals surface area (Å²) in [7, 11) is 0. The highest BCUT2D eigenvalue weighted by Gasteiger charge is 2.30. The summed E-state index contributed by atoms with van der Waals surface area (Å²) < 4.78 is 44.1. The topological polar surface area (TPSA) is 57.0 Å². The van der Waals surface area contributed by atoms with Crippen molar-refractivity contribution in [1.82, 2.24) is 15.0 Å². The third-order valence-corrected chi connectivity index (χ3v) is 3.17. The maximum atomic E-state index is 12.6. The van der Waals surface area contributed by atoms with Gasteiger partial charge in [-0.1, -0.05) is 23.4 Å². The summed E-state index contributed by atoms with van der Waals surface area (Å²) in [5, 5.41) is 7.80. The molecule has 0 aliphatic carbocycles. The van der Waals surface area contributed by atoms with Gasteiger partial charge in [0.2, 0.25) is 0 Å². The van der Waals surface area contributed by atoms with E-state index in [4.69, 9.17) is 4.74 Å². The van der Waals surface area contributed by atoms with Gasteiger partial charge in [0.05, 0.1) is 18.7 Å². The smallest absolute Gasteiger partial charge is 0.416 e. The number of halogens is 3. The van der Waals surface area contributed by atoms with Crippen LogP contribution in [0.3, 0.4) is 0 Å². The molecule has 0 unspecified atom stereocenters. The first kappa shape index (κ1) is 17.7. The Hall–Kier alpha value is -2.64. The van der Waals surface area contributed by atoms with Crippen molar-refractivity contribution in [2.75, 3.05) is 6.61 Å². The van der Waals surface area contributed by atoms with E-state index in [1.54, 1.807) is 26.0 Å². The minimum Gasteiger partial charge on any atom is -0.461 e. The molecule has 1 heterocycles. The van der Waals surface area contributed by atoms with Crippen LogP contribution in [-0.2, 0) is 17.5 Å². The van der Waals surface area contributed by atoms with Crippen LogP contribution in [0.4, 0.5) is 13.2 Å². The molecule has 0 aliphatic rings. The minimum atomic E-state index is -4.39. The number of nitrogens with zero attached hydrogens (tertiary/aromatic N) is 3. The fraction of sp³-hybridized carbons (Fsp3) is 0.312. The highest BCUT2D eigenvalue weighted by molar-refractivity contribution is 5.91. The average molecular weight is 339 g/mol. The summed E-state index contributed by atoms with van der Waals surface area (Å²) in [6, 6.07) is 4.66. The number of allylic oxidation sites excluding steroid dienone is 1. The van der Waals surface area contributed by atoms with E-state index < -0.39 is 17.7 Å². The molecule has 0 radical (unpaired) electrons. The molecule has 128 valence electrons. The van der Waals surface area contributed by atoms with Crippen LogP contribution in [0.25, 0.3) is 6.08 Å². The molecule has 8 heteroatoms. The number of rotatable bonds is 5. The van der Waals surface area contributed by atoms with Crippen molar-refractivity contribution in [1.29, 1.82) is 0 Å². The van der Waals surface area contributed by atoms with E-state index >= 15 is 0 Å². The number of aromatic nitrogens is 3. The molecule has 0 bridgehead atoms. The number of carbonyl (C=O) groups excluding carboxylic acids is 1. The lowest BCUT2D eigenvalue weighted by Gasteiger charge is -2.09. The van der Waals surface area contributed by atoms with Gasteiger partial charge in [-0.3, -0.25) is 0 Å². The Morgan fingerprint density at radius 3 is 2.50 bits per heavy atom. The van der Waals surface area contributed by atoms with Crippen molar-refractivity contribution in [3.8, 4) is 0 Å². The van der Waals surface area contributed by atoms with E-state index in [0.717, 1.165) is 12.1 Å². The molecule has 0 spiro atoms.